The third-order valence-corrected chi connectivity index (χ3v) is 5.78. The van der Waals surface area contributed by atoms with Crippen molar-refractivity contribution >= 4 is 41.0 Å². The van der Waals surface area contributed by atoms with Crippen LogP contribution in [-0.4, -0.2) is 81.4 Å². The zero-order valence-electron chi connectivity index (χ0n) is 23.0. The molecular weight excluding hydrogens is 514 g/mol. The summed E-state index contributed by atoms with van der Waals surface area (Å²) >= 11 is 0. The van der Waals surface area contributed by atoms with Crippen LogP contribution in [0.5, 0.6) is 0 Å². The van der Waals surface area contributed by atoms with Gasteiger partial charge in [-0.25, -0.2) is 5.06 Å². The molecule has 14 heteroatoms. The Hall–Kier alpha value is -4.07. The van der Waals surface area contributed by atoms with E-state index < -0.39 is 59.1 Å². The van der Waals surface area contributed by atoms with Gasteiger partial charge in [-0.1, -0.05) is 20.8 Å². The minimum absolute atomic E-state index is 0.134. The Bertz CT molecular complexity index is 1040. The van der Waals surface area contributed by atoms with Gasteiger partial charge in [0.05, 0.1) is 18.5 Å². The maximum absolute atomic E-state index is 13.4. The molecule has 0 saturated carbocycles. The highest BCUT2D eigenvalue weighted by Crippen LogP contribution is 2.19. The smallest absolute Gasteiger partial charge is 0.303 e. The fourth-order valence-electron chi connectivity index (χ4n) is 3.87. The summed E-state index contributed by atoms with van der Waals surface area (Å²) in [6, 6.07) is 2.13. The molecule has 0 aliphatic rings. The largest absolute Gasteiger partial charge is 0.481 e. The van der Waals surface area contributed by atoms with Crippen LogP contribution in [-0.2, 0) is 28.8 Å². The first-order valence-electron chi connectivity index (χ1n) is 12.5. The van der Waals surface area contributed by atoms with Crippen molar-refractivity contribution in [1.29, 1.82) is 0 Å². The molecule has 3 atom stereocenters. The molecule has 1 aromatic carbocycles. The van der Waals surface area contributed by atoms with Gasteiger partial charge in [0.15, 0.2) is 0 Å². The number of nitro benzene ring substituents is 1. The van der Waals surface area contributed by atoms with E-state index in [1.54, 1.807) is 13.8 Å². The number of anilines is 1. The molecule has 0 aromatic heterocycles. The Morgan fingerprint density at radius 3 is 2.08 bits per heavy atom. The van der Waals surface area contributed by atoms with E-state index in [-0.39, 0.29) is 24.6 Å². The van der Waals surface area contributed by atoms with Gasteiger partial charge in [-0.05, 0) is 38.3 Å². The van der Waals surface area contributed by atoms with Crippen LogP contribution in [0.15, 0.2) is 24.3 Å². The summed E-state index contributed by atoms with van der Waals surface area (Å²) in [5.41, 5.74) is 0.188. The molecule has 39 heavy (non-hydrogen) atoms. The lowest BCUT2D eigenvalue weighted by atomic mass is 10.00. The minimum Gasteiger partial charge on any atom is -0.481 e. The average molecular weight is 552 g/mol. The van der Waals surface area contributed by atoms with Crippen LogP contribution in [0.25, 0.3) is 0 Å². The van der Waals surface area contributed by atoms with E-state index in [4.69, 9.17) is 9.94 Å². The monoisotopic (exact) mass is 551 g/mol. The topological polar surface area (TPSA) is 188 Å². The molecule has 0 heterocycles. The third-order valence-electron chi connectivity index (χ3n) is 5.78. The predicted molar refractivity (Wildman–Crippen MR) is 140 cm³/mol. The highest BCUT2D eigenvalue weighted by molar-refractivity contribution is 5.99. The molecule has 216 valence electrons. The number of carbonyl (C=O) groups excluding carboxylic acids is 4. The van der Waals surface area contributed by atoms with Crippen molar-refractivity contribution in [3.05, 3.63) is 34.4 Å². The molecule has 14 nitrogen and oxygen atoms in total. The number of carboxylic acids is 1. The lowest BCUT2D eigenvalue weighted by molar-refractivity contribution is -0.384. The van der Waals surface area contributed by atoms with E-state index in [0.717, 1.165) is 12.2 Å². The van der Waals surface area contributed by atoms with E-state index in [0.29, 0.717) is 12.1 Å². The van der Waals surface area contributed by atoms with E-state index in [1.807, 2.05) is 6.92 Å². The van der Waals surface area contributed by atoms with Gasteiger partial charge < -0.3 is 20.6 Å². The van der Waals surface area contributed by atoms with Crippen molar-refractivity contribution in [2.75, 3.05) is 19.0 Å². The summed E-state index contributed by atoms with van der Waals surface area (Å²) < 4.78 is 0. The Labute approximate surface area is 226 Å². The molecule has 0 aliphatic carbocycles. The number of carboxylic acid groups (broad SMARTS) is 1. The fourth-order valence-corrected chi connectivity index (χ4v) is 3.87. The fraction of sp³-hybridized carbons (Fsp3) is 0.560. The first-order valence-corrected chi connectivity index (χ1v) is 12.5. The average Bonchev–Trinajstić information content (AvgIpc) is 2.86. The van der Waals surface area contributed by atoms with E-state index in [9.17, 15) is 34.1 Å². The number of carbonyl (C=O) groups is 5. The van der Waals surface area contributed by atoms with Crippen molar-refractivity contribution in [3.63, 3.8) is 0 Å². The Balaban J connectivity index is 3.04. The molecule has 0 fully saturated rings. The van der Waals surface area contributed by atoms with Crippen LogP contribution < -0.4 is 10.6 Å². The first-order chi connectivity index (χ1) is 18.2. The van der Waals surface area contributed by atoms with Crippen LogP contribution >= 0.6 is 0 Å². The van der Waals surface area contributed by atoms with E-state index in [2.05, 4.69) is 10.6 Å². The molecule has 0 bridgehead atoms. The Kier molecular flexibility index (Phi) is 13.0. The molecule has 0 aliphatic heterocycles. The van der Waals surface area contributed by atoms with Crippen LogP contribution in [0.1, 0.15) is 53.9 Å². The zero-order valence-corrected chi connectivity index (χ0v) is 23.0. The van der Waals surface area contributed by atoms with Crippen molar-refractivity contribution in [2.24, 2.45) is 5.92 Å². The summed E-state index contributed by atoms with van der Waals surface area (Å²) in [7, 11) is 1.16. The van der Waals surface area contributed by atoms with Gasteiger partial charge >= 0.3 is 5.97 Å². The highest BCUT2D eigenvalue weighted by atomic mass is 16.7. The molecule has 1 aromatic rings. The van der Waals surface area contributed by atoms with Gasteiger partial charge in [-0.2, -0.15) is 0 Å². The molecule has 0 saturated heterocycles. The van der Waals surface area contributed by atoms with Crippen molar-refractivity contribution in [1.82, 2.24) is 15.3 Å². The van der Waals surface area contributed by atoms with Gasteiger partial charge in [0.1, 0.15) is 18.1 Å². The van der Waals surface area contributed by atoms with Gasteiger partial charge in [-0.3, -0.25) is 38.9 Å². The number of amides is 4. The first kappa shape index (κ1) is 33.0. The third kappa shape index (κ3) is 9.63. The maximum atomic E-state index is 13.4. The highest BCUT2D eigenvalue weighted by Gasteiger charge is 2.36. The number of non-ortho nitro benzene ring substituents is 1. The number of hydrogen-bond acceptors (Lipinski definition) is 8. The standard InChI is InChI=1S/C25H37N5O9/c1-7-14-28(22(15(2)3)24(35)27-18-8-10-19(11-9-18)30(37)38)25(36)16(4)26-23(34)17(5)29(39-6)20(31)12-13-21(32)33/h8-11,15-17,22H,7,12-14H2,1-6H3,(H,26,34)(H,27,35)(H,32,33)/t16-,17-,22-/m0/s1. The number of benzene rings is 1. The second kappa shape index (κ2) is 15.4. The van der Waals surface area contributed by atoms with Crippen molar-refractivity contribution in [3.8, 4) is 0 Å². The summed E-state index contributed by atoms with van der Waals surface area (Å²) in [6.07, 6.45) is -0.293. The predicted octanol–water partition coefficient (Wildman–Crippen LogP) is 1.94. The maximum Gasteiger partial charge on any atom is 0.303 e. The molecule has 1 rings (SSSR count). The molecular formula is C25H37N5O9. The summed E-state index contributed by atoms with van der Waals surface area (Å²) in [4.78, 5) is 79.2. The van der Waals surface area contributed by atoms with Crippen LogP contribution in [0, 0.1) is 16.0 Å². The number of hydroxylamine groups is 2. The van der Waals surface area contributed by atoms with Crippen molar-refractivity contribution in [2.45, 2.75) is 72.0 Å². The number of nitrogens with zero attached hydrogens (tertiary/aromatic N) is 3. The van der Waals surface area contributed by atoms with Gasteiger partial charge in [0.25, 0.3) is 5.69 Å². The summed E-state index contributed by atoms with van der Waals surface area (Å²) in [6.45, 7) is 8.39. The number of aliphatic carboxylic acids is 1. The summed E-state index contributed by atoms with van der Waals surface area (Å²) in [5.74, 6) is -3.95. The van der Waals surface area contributed by atoms with Gasteiger partial charge in [0.2, 0.25) is 23.6 Å². The SMILES string of the molecule is CCCN(C(=O)[C@H](C)NC(=O)[C@H](C)N(OC)C(=O)CCC(=O)O)[C@H](C(=O)Nc1ccc([N+](=O)[O-])cc1)C(C)C. The second-order valence-electron chi connectivity index (χ2n) is 9.22. The number of nitrogens with one attached hydrogen (secondary N) is 2. The number of nitro groups is 1. The molecule has 4 amide bonds. The lowest BCUT2D eigenvalue weighted by Gasteiger charge is -2.35. The van der Waals surface area contributed by atoms with E-state index >= 15 is 0 Å². The van der Waals surface area contributed by atoms with E-state index in [1.165, 1.54) is 43.0 Å². The zero-order chi connectivity index (χ0) is 29.9. The second-order valence-corrected chi connectivity index (χ2v) is 9.22. The number of rotatable bonds is 15. The lowest BCUT2D eigenvalue weighted by Crippen LogP contribution is -2.57. The van der Waals surface area contributed by atoms with Crippen molar-refractivity contribution < 1.29 is 38.8 Å². The van der Waals surface area contributed by atoms with Crippen LogP contribution in [0.3, 0.4) is 0 Å². The Morgan fingerprint density at radius 1 is 1.03 bits per heavy atom. The van der Waals surface area contributed by atoms with Gasteiger partial charge in [0, 0.05) is 30.8 Å². The molecule has 0 unspecified atom stereocenters. The quantitative estimate of drug-likeness (QED) is 0.216. The van der Waals surface area contributed by atoms with Crippen LogP contribution in [0.2, 0.25) is 0 Å². The normalized spacial score (nSPS) is 13.1. The molecule has 3 N–H and O–H groups in total. The van der Waals surface area contributed by atoms with Gasteiger partial charge in [-0.15, -0.1) is 0 Å². The Morgan fingerprint density at radius 2 is 1.62 bits per heavy atom. The summed E-state index contributed by atoms with van der Waals surface area (Å²) in [5, 5.41) is 25.6. The molecule has 0 radical (unpaired) electrons. The van der Waals surface area contributed by atoms with Crippen LogP contribution in [0.4, 0.5) is 11.4 Å². The minimum atomic E-state index is -1.18. The molecule has 0 spiro atoms. The number of hydrogen-bond donors (Lipinski definition) is 3.